The van der Waals surface area contributed by atoms with Crippen molar-refractivity contribution in [3.05, 3.63) is 34.4 Å². The van der Waals surface area contributed by atoms with E-state index in [4.69, 9.17) is 22.7 Å². The summed E-state index contributed by atoms with van der Waals surface area (Å²) in [6, 6.07) is 5.21. The first kappa shape index (κ1) is 21.1. The molecule has 10 nitrogen and oxygen atoms in total. The predicted molar refractivity (Wildman–Crippen MR) is 109 cm³/mol. The van der Waals surface area contributed by atoms with Crippen LogP contribution >= 0.6 is 12.2 Å². The van der Waals surface area contributed by atoms with Gasteiger partial charge in [0.25, 0.3) is 0 Å². The van der Waals surface area contributed by atoms with Crippen molar-refractivity contribution in [3.8, 4) is 11.6 Å². The maximum absolute atomic E-state index is 11.8. The van der Waals surface area contributed by atoms with Gasteiger partial charge in [0.1, 0.15) is 12.3 Å². The van der Waals surface area contributed by atoms with Gasteiger partial charge in [-0.15, -0.1) is 0 Å². The molecule has 0 aliphatic rings. The summed E-state index contributed by atoms with van der Waals surface area (Å²) in [5.41, 5.74) is 6.85. The SMILES string of the molecule is COC(=O)Cn1c(O)c(CCCNC(=S)Nc2ccc(OC)cc2N)[nH]c1=O. The second kappa shape index (κ2) is 9.65. The van der Waals surface area contributed by atoms with E-state index in [9.17, 15) is 14.7 Å². The summed E-state index contributed by atoms with van der Waals surface area (Å²) < 4.78 is 10.5. The Bertz CT molecular complexity index is 908. The van der Waals surface area contributed by atoms with Crippen LogP contribution in [0, 0.1) is 0 Å². The number of esters is 1. The highest BCUT2D eigenvalue weighted by atomic mass is 32.1. The monoisotopic (exact) mass is 409 g/mol. The molecule has 1 aromatic heterocycles. The summed E-state index contributed by atoms with van der Waals surface area (Å²) in [6.45, 7) is 0.138. The van der Waals surface area contributed by atoms with Gasteiger partial charge in [-0.25, -0.2) is 4.79 Å². The molecule has 0 saturated heterocycles. The lowest BCUT2D eigenvalue weighted by atomic mass is 10.2. The van der Waals surface area contributed by atoms with E-state index in [0.717, 1.165) is 4.57 Å². The number of carbonyl (C=O) groups is 1. The summed E-state index contributed by atoms with van der Waals surface area (Å²) in [6.07, 6.45) is 0.960. The minimum atomic E-state index is -0.626. The zero-order valence-electron chi connectivity index (χ0n) is 15.6. The fraction of sp³-hybridized carbons (Fsp3) is 0.353. The topological polar surface area (TPSA) is 144 Å². The first-order valence-electron chi connectivity index (χ1n) is 8.41. The number of anilines is 2. The molecule has 1 heterocycles. The number of nitrogen functional groups attached to an aromatic ring is 1. The first-order valence-corrected chi connectivity index (χ1v) is 8.82. The summed E-state index contributed by atoms with van der Waals surface area (Å²) >= 11 is 5.23. The minimum absolute atomic E-state index is 0.276. The number of aromatic nitrogens is 2. The van der Waals surface area contributed by atoms with Crippen molar-refractivity contribution in [2.45, 2.75) is 19.4 Å². The lowest BCUT2D eigenvalue weighted by Gasteiger charge is -2.13. The van der Waals surface area contributed by atoms with Crippen LogP contribution in [0.3, 0.4) is 0 Å². The molecule has 152 valence electrons. The average Bonchev–Trinajstić information content (AvgIpc) is 2.94. The Balaban J connectivity index is 1.83. The molecule has 6 N–H and O–H groups in total. The molecule has 2 aromatic rings. The highest BCUT2D eigenvalue weighted by Gasteiger charge is 2.15. The van der Waals surface area contributed by atoms with E-state index in [0.29, 0.717) is 47.3 Å². The number of carbonyl (C=O) groups excluding carboxylic acids is 1. The Labute approximate surface area is 166 Å². The van der Waals surface area contributed by atoms with Crippen molar-refractivity contribution >= 4 is 34.7 Å². The van der Waals surface area contributed by atoms with Crippen molar-refractivity contribution in [1.29, 1.82) is 0 Å². The van der Waals surface area contributed by atoms with Crippen LogP contribution in [0.15, 0.2) is 23.0 Å². The van der Waals surface area contributed by atoms with E-state index in [2.05, 4.69) is 20.4 Å². The maximum Gasteiger partial charge on any atom is 0.329 e. The van der Waals surface area contributed by atoms with Crippen LogP contribution in [0.1, 0.15) is 12.1 Å². The summed E-state index contributed by atoms with van der Waals surface area (Å²) in [4.78, 5) is 25.6. The molecule has 0 spiro atoms. The number of hydrogen-bond donors (Lipinski definition) is 5. The highest BCUT2D eigenvalue weighted by molar-refractivity contribution is 7.80. The number of aryl methyl sites for hydroxylation is 1. The van der Waals surface area contributed by atoms with Gasteiger partial charge in [0.05, 0.1) is 31.3 Å². The third-order valence-corrected chi connectivity index (χ3v) is 4.19. The van der Waals surface area contributed by atoms with E-state index in [1.165, 1.54) is 7.11 Å². The zero-order valence-corrected chi connectivity index (χ0v) is 16.4. The van der Waals surface area contributed by atoms with E-state index in [-0.39, 0.29) is 12.4 Å². The normalized spacial score (nSPS) is 10.4. The molecule has 0 saturated carbocycles. The molecule has 1 aromatic carbocycles. The number of nitrogens with zero attached hydrogens (tertiary/aromatic N) is 1. The number of thiocarbonyl (C=S) groups is 1. The van der Waals surface area contributed by atoms with Crippen LogP contribution < -0.4 is 26.8 Å². The highest BCUT2D eigenvalue weighted by Crippen LogP contribution is 2.23. The third-order valence-electron chi connectivity index (χ3n) is 3.94. The second-order valence-corrected chi connectivity index (χ2v) is 6.24. The first-order chi connectivity index (χ1) is 13.3. The molecule has 11 heteroatoms. The minimum Gasteiger partial charge on any atom is -0.497 e. The van der Waals surface area contributed by atoms with Crippen LogP contribution in [0.2, 0.25) is 0 Å². The Hall–Kier alpha value is -3.21. The molecular weight excluding hydrogens is 386 g/mol. The van der Waals surface area contributed by atoms with Gasteiger partial charge in [-0.1, -0.05) is 0 Å². The molecule has 0 aliphatic heterocycles. The summed E-state index contributed by atoms with van der Waals surface area (Å²) in [7, 11) is 2.77. The number of aromatic amines is 1. The largest absolute Gasteiger partial charge is 0.497 e. The number of methoxy groups -OCH3 is 2. The molecular formula is C17H23N5O5S. The molecule has 0 aliphatic carbocycles. The standard InChI is InChI=1S/C17H23N5O5S/c1-26-10-5-6-12(11(18)8-10)20-16(28)19-7-3-4-13-15(24)22(17(25)21-13)9-14(23)27-2/h5-6,8,24H,3-4,7,9,18H2,1-2H3,(H,21,25)(H2,19,20,28). The fourth-order valence-corrected chi connectivity index (χ4v) is 2.65. The smallest absolute Gasteiger partial charge is 0.329 e. The van der Waals surface area contributed by atoms with Gasteiger partial charge in [0.15, 0.2) is 5.11 Å². The van der Waals surface area contributed by atoms with Crippen LogP contribution in [-0.4, -0.2) is 46.5 Å². The molecule has 0 amide bonds. The van der Waals surface area contributed by atoms with Gasteiger partial charge < -0.3 is 35.9 Å². The number of aromatic hydroxyl groups is 1. The molecule has 0 fully saturated rings. The fourth-order valence-electron chi connectivity index (χ4n) is 2.44. The predicted octanol–water partition coefficient (Wildman–Crippen LogP) is 0.565. The van der Waals surface area contributed by atoms with Crippen molar-refractivity contribution in [1.82, 2.24) is 14.9 Å². The third kappa shape index (κ3) is 5.39. The molecule has 0 atom stereocenters. The number of rotatable bonds is 8. The Morgan fingerprint density at radius 2 is 2.14 bits per heavy atom. The summed E-state index contributed by atoms with van der Waals surface area (Å²) in [5, 5.41) is 16.5. The molecule has 0 bridgehead atoms. The molecule has 0 unspecified atom stereocenters. The Kier molecular flexibility index (Phi) is 7.27. The van der Waals surface area contributed by atoms with Crippen LogP contribution in [0.4, 0.5) is 11.4 Å². The molecule has 2 rings (SSSR count). The van der Waals surface area contributed by atoms with Gasteiger partial charge in [-0.05, 0) is 37.2 Å². The van der Waals surface area contributed by atoms with Gasteiger partial charge in [-0.3, -0.25) is 9.36 Å². The van der Waals surface area contributed by atoms with Crippen molar-refractivity contribution in [2.75, 3.05) is 31.8 Å². The second-order valence-electron chi connectivity index (χ2n) is 5.83. The van der Waals surface area contributed by atoms with Gasteiger partial charge in [-0.2, -0.15) is 0 Å². The zero-order chi connectivity index (χ0) is 20.7. The maximum atomic E-state index is 11.8. The van der Waals surface area contributed by atoms with Crippen molar-refractivity contribution in [2.24, 2.45) is 0 Å². The average molecular weight is 409 g/mol. The summed E-state index contributed by atoms with van der Waals surface area (Å²) in [5.74, 6) is -0.254. The van der Waals surface area contributed by atoms with Crippen LogP contribution in [-0.2, 0) is 22.5 Å². The molecule has 28 heavy (non-hydrogen) atoms. The number of nitrogens with one attached hydrogen (secondary N) is 3. The van der Waals surface area contributed by atoms with Gasteiger partial charge >= 0.3 is 11.7 Å². The van der Waals surface area contributed by atoms with Crippen LogP contribution in [0.5, 0.6) is 11.6 Å². The van der Waals surface area contributed by atoms with Crippen molar-refractivity contribution < 1.29 is 19.4 Å². The lowest BCUT2D eigenvalue weighted by Crippen LogP contribution is -2.29. The molecule has 0 radical (unpaired) electrons. The Morgan fingerprint density at radius 1 is 1.39 bits per heavy atom. The number of imidazole rings is 1. The van der Waals surface area contributed by atoms with Gasteiger partial charge in [0.2, 0.25) is 5.88 Å². The number of H-pyrrole nitrogens is 1. The number of hydrogen-bond acceptors (Lipinski definition) is 7. The number of nitrogens with two attached hydrogens (primary N) is 1. The van der Waals surface area contributed by atoms with E-state index >= 15 is 0 Å². The lowest BCUT2D eigenvalue weighted by molar-refractivity contribution is -0.141. The number of ether oxygens (including phenoxy) is 2. The van der Waals surface area contributed by atoms with Crippen molar-refractivity contribution in [3.63, 3.8) is 0 Å². The van der Waals surface area contributed by atoms with Crippen LogP contribution in [0.25, 0.3) is 0 Å². The quantitative estimate of drug-likeness (QED) is 0.183. The van der Waals surface area contributed by atoms with Gasteiger partial charge in [0, 0.05) is 12.6 Å². The van der Waals surface area contributed by atoms with E-state index < -0.39 is 11.7 Å². The Morgan fingerprint density at radius 3 is 2.79 bits per heavy atom. The van der Waals surface area contributed by atoms with E-state index in [1.54, 1.807) is 25.3 Å². The van der Waals surface area contributed by atoms with E-state index in [1.807, 2.05) is 0 Å². The number of benzene rings is 1.